The molecule has 50 heavy (non-hydrogen) atoms. The molecule has 2 heterocycles. The number of likely N-dealkylation sites (tertiary alicyclic amines) is 1. The predicted octanol–water partition coefficient (Wildman–Crippen LogP) is 5.30. The lowest BCUT2D eigenvalue weighted by Crippen LogP contribution is -2.56. The summed E-state index contributed by atoms with van der Waals surface area (Å²) >= 11 is 0. The number of hydrogen-bond acceptors (Lipinski definition) is 11. The standard InChI is InChI=1S/C38H58N2O10/c1-8-46-28(2)25-45-26-30-10-12-31(34(23-30)48-21-20-44-7)38(42)14-16-40(36(41)50-37(3,4)5)24-35(38)49-27-29-11-13-33-32(22-29)39(17-19-47-33)15-9-18-43-6/h10-13,22-23,28,35,42H,8-9,14-21,24-27H2,1-7H3/t28-,35+,38+/m1/s1. The highest BCUT2D eigenvalue weighted by Gasteiger charge is 2.47. The van der Waals surface area contributed by atoms with Crippen LogP contribution in [0.1, 0.15) is 64.2 Å². The Balaban J connectivity index is 1.60. The molecule has 12 heteroatoms. The molecule has 0 aromatic heterocycles. The van der Waals surface area contributed by atoms with Crippen molar-refractivity contribution in [2.45, 2.75) is 84.1 Å². The van der Waals surface area contributed by atoms with Crippen LogP contribution in [-0.4, -0.2) is 114 Å². The molecule has 0 spiro atoms. The third kappa shape index (κ3) is 11.2. The summed E-state index contributed by atoms with van der Waals surface area (Å²) in [5, 5.41) is 12.6. The molecule has 0 radical (unpaired) electrons. The summed E-state index contributed by atoms with van der Waals surface area (Å²) in [6.45, 7) is 15.1. The Morgan fingerprint density at radius 3 is 2.54 bits per heavy atom. The van der Waals surface area contributed by atoms with Crippen LogP contribution in [0.5, 0.6) is 11.5 Å². The number of anilines is 1. The van der Waals surface area contributed by atoms with Crippen molar-refractivity contribution in [3.05, 3.63) is 53.1 Å². The molecule has 0 aliphatic carbocycles. The highest BCUT2D eigenvalue weighted by Crippen LogP contribution is 2.41. The van der Waals surface area contributed by atoms with E-state index in [1.807, 2.05) is 65.0 Å². The number of rotatable bonds is 18. The van der Waals surface area contributed by atoms with Crippen LogP contribution in [0.15, 0.2) is 36.4 Å². The van der Waals surface area contributed by atoms with Gasteiger partial charge in [0.2, 0.25) is 0 Å². The van der Waals surface area contributed by atoms with Crippen molar-refractivity contribution in [2.75, 3.05) is 84.9 Å². The maximum absolute atomic E-state index is 13.2. The molecule has 12 nitrogen and oxygen atoms in total. The van der Waals surface area contributed by atoms with Crippen molar-refractivity contribution in [3.63, 3.8) is 0 Å². The summed E-state index contributed by atoms with van der Waals surface area (Å²) in [4.78, 5) is 17.1. The molecule has 2 aliphatic heterocycles. The van der Waals surface area contributed by atoms with Gasteiger partial charge in [-0.3, -0.25) is 0 Å². The highest BCUT2D eigenvalue weighted by atomic mass is 16.6. The highest BCUT2D eigenvalue weighted by molar-refractivity contribution is 5.68. The van der Waals surface area contributed by atoms with Crippen LogP contribution in [0.25, 0.3) is 0 Å². The summed E-state index contributed by atoms with van der Waals surface area (Å²) in [5.74, 6) is 1.34. The first-order valence-electron chi connectivity index (χ1n) is 17.7. The van der Waals surface area contributed by atoms with Gasteiger partial charge in [0.05, 0.1) is 51.3 Å². The largest absolute Gasteiger partial charge is 0.491 e. The van der Waals surface area contributed by atoms with Crippen LogP contribution in [0.2, 0.25) is 0 Å². The molecule has 0 bridgehead atoms. The lowest BCUT2D eigenvalue weighted by Gasteiger charge is -2.45. The van der Waals surface area contributed by atoms with Crippen LogP contribution in [-0.2, 0) is 47.2 Å². The van der Waals surface area contributed by atoms with Gasteiger partial charge in [0, 0.05) is 52.5 Å². The second-order valence-corrected chi connectivity index (χ2v) is 13.8. The van der Waals surface area contributed by atoms with Gasteiger partial charge >= 0.3 is 6.09 Å². The first-order chi connectivity index (χ1) is 24.0. The van der Waals surface area contributed by atoms with E-state index in [0.29, 0.717) is 57.6 Å². The van der Waals surface area contributed by atoms with E-state index in [2.05, 4.69) is 11.0 Å². The molecular weight excluding hydrogens is 644 g/mol. The summed E-state index contributed by atoms with van der Waals surface area (Å²) < 4.78 is 46.5. The molecule has 1 fully saturated rings. The van der Waals surface area contributed by atoms with Gasteiger partial charge in [0.15, 0.2) is 0 Å². The minimum absolute atomic E-state index is 0.0214. The molecule has 2 aromatic carbocycles. The molecule has 2 aliphatic rings. The first kappa shape index (κ1) is 39.7. The van der Waals surface area contributed by atoms with Crippen LogP contribution in [0.3, 0.4) is 0 Å². The number of ether oxygens (including phenoxy) is 8. The van der Waals surface area contributed by atoms with Gasteiger partial charge in [-0.1, -0.05) is 18.2 Å². The maximum atomic E-state index is 13.2. The predicted molar refractivity (Wildman–Crippen MR) is 190 cm³/mol. The Labute approximate surface area is 297 Å². The fraction of sp³-hybridized carbons (Fsp3) is 0.658. The molecule has 4 rings (SSSR count). The minimum Gasteiger partial charge on any atom is -0.491 e. The van der Waals surface area contributed by atoms with E-state index in [1.54, 1.807) is 19.1 Å². The fourth-order valence-corrected chi connectivity index (χ4v) is 6.18. The lowest BCUT2D eigenvalue weighted by molar-refractivity contribution is -0.155. The number of nitrogens with zero attached hydrogens (tertiary/aromatic N) is 2. The summed E-state index contributed by atoms with van der Waals surface area (Å²) in [5.41, 5.74) is 1.26. The third-order valence-corrected chi connectivity index (χ3v) is 8.67. The number of aliphatic hydroxyl groups is 1. The van der Waals surface area contributed by atoms with E-state index in [4.69, 9.17) is 37.9 Å². The average molecular weight is 703 g/mol. The SMILES string of the molecule is CCO[C@H](C)COCc1ccc([C@@]2(O)CCN(C(=O)OC(C)(C)C)C[C@@H]2OCc2ccc3c(c2)N(CCCOC)CCO3)c(OCCOC)c1. The number of amides is 1. The van der Waals surface area contributed by atoms with Crippen LogP contribution >= 0.6 is 0 Å². The van der Waals surface area contributed by atoms with Crippen molar-refractivity contribution in [1.82, 2.24) is 4.90 Å². The first-order valence-corrected chi connectivity index (χ1v) is 17.7. The van der Waals surface area contributed by atoms with E-state index < -0.39 is 23.4 Å². The number of carbonyl (C=O) groups is 1. The molecule has 0 unspecified atom stereocenters. The molecular formula is C38H58N2O10. The number of benzene rings is 2. The van der Waals surface area contributed by atoms with Crippen molar-refractivity contribution < 1.29 is 47.8 Å². The van der Waals surface area contributed by atoms with Gasteiger partial charge in [0.25, 0.3) is 0 Å². The van der Waals surface area contributed by atoms with Crippen LogP contribution < -0.4 is 14.4 Å². The van der Waals surface area contributed by atoms with Gasteiger partial charge in [-0.05, 0) is 70.4 Å². The molecule has 2 aromatic rings. The zero-order chi connectivity index (χ0) is 36.1. The quantitative estimate of drug-likeness (QED) is 0.204. The summed E-state index contributed by atoms with van der Waals surface area (Å²) in [6, 6.07) is 11.7. The zero-order valence-corrected chi connectivity index (χ0v) is 31.0. The normalized spacial score (nSPS) is 19.9. The molecule has 0 saturated carbocycles. The van der Waals surface area contributed by atoms with Gasteiger partial charge in [-0.15, -0.1) is 0 Å². The van der Waals surface area contributed by atoms with E-state index in [1.165, 1.54) is 0 Å². The Hall–Kier alpha value is -3.13. The zero-order valence-electron chi connectivity index (χ0n) is 31.0. The number of methoxy groups -OCH3 is 2. The van der Waals surface area contributed by atoms with E-state index in [0.717, 1.165) is 42.1 Å². The van der Waals surface area contributed by atoms with Crippen molar-refractivity contribution in [3.8, 4) is 11.5 Å². The van der Waals surface area contributed by atoms with E-state index in [9.17, 15) is 9.90 Å². The van der Waals surface area contributed by atoms with E-state index >= 15 is 0 Å². The van der Waals surface area contributed by atoms with Crippen molar-refractivity contribution >= 4 is 11.8 Å². The number of piperidine rings is 1. The summed E-state index contributed by atoms with van der Waals surface area (Å²) in [7, 11) is 3.33. The molecule has 1 saturated heterocycles. The van der Waals surface area contributed by atoms with Gasteiger partial charge in [0.1, 0.15) is 42.0 Å². The fourth-order valence-electron chi connectivity index (χ4n) is 6.18. The topological polar surface area (TPSA) is 118 Å². The summed E-state index contributed by atoms with van der Waals surface area (Å²) in [6.07, 6.45) is -0.154. The van der Waals surface area contributed by atoms with Gasteiger partial charge in [-0.2, -0.15) is 0 Å². The molecule has 280 valence electrons. The van der Waals surface area contributed by atoms with Gasteiger partial charge < -0.3 is 52.8 Å². The van der Waals surface area contributed by atoms with Crippen molar-refractivity contribution in [1.29, 1.82) is 0 Å². The number of hydrogen-bond donors (Lipinski definition) is 1. The number of carbonyl (C=O) groups excluding carboxylic acids is 1. The molecule has 1 N–H and O–H groups in total. The Morgan fingerprint density at radius 1 is 1.04 bits per heavy atom. The van der Waals surface area contributed by atoms with E-state index in [-0.39, 0.29) is 32.2 Å². The van der Waals surface area contributed by atoms with Crippen LogP contribution in [0.4, 0.5) is 10.5 Å². The molecule has 3 atom stereocenters. The Kier molecular flexibility index (Phi) is 15.0. The molecule has 1 amide bonds. The smallest absolute Gasteiger partial charge is 0.410 e. The minimum atomic E-state index is -1.48. The Bertz CT molecular complexity index is 1350. The lowest BCUT2D eigenvalue weighted by atomic mass is 9.81. The van der Waals surface area contributed by atoms with Crippen molar-refractivity contribution in [2.24, 2.45) is 0 Å². The average Bonchev–Trinajstić information content (AvgIpc) is 3.07. The number of fused-ring (bicyclic) bond motifs is 1. The Morgan fingerprint density at radius 2 is 1.80 bits per heavy atom. The van der Waals surface area contributed by atoms with Gasteiger partial charge in [-0.25, -0.2) is 4.79 Å². The maximum Gasteiger partial charge on any atom is 0.410 e. The van der Waals surface area contributed by atoms with Crippen LogP contribution in [0, 0.1) is 0 Å². The second-order valence-electron chi connectivity index (χ2n) is 13.8. The second kappa shape index (κ2) is 18.9. The third-order valence-electron chi connectivity index (χ3n) is 8.67. The monoisotopic (exact) mass is 702 g/mol.